The molecule has 0 aliphatic carbocycles. The monoisotopic (exact) mass is 295 g/mol. The minimum atomic E-state index is -0.993. The highest BCUT2D eigenvalue weighted by Crippen LogP contribution is 2.25. The SMILES string of the molecule is N[C@@H](Cc1c[nH]c2ccc(Nc3ccccc3)cc12)C(=O)O. The number of anilines is 2. The number of carbonyl (C=O) groups is 1. The van der Waals surface area contributed by atoms with Gasteiger partial charge < -0.3 is 21.1 Å². The van der Waals surface area contributed by atoms with E-state index in [1.807, 2.05) is 54.7 Å². The predicted molar refractivity (Wildman–Crippen MR) is 87.3 cm³/mol. The van der Waals surface area contributed by atoms with Crippen molar-refractivity contribution in [3.63, 3.8) is 0 Å². The molecule has 1 aromatic heterocycles. The average molecular weight is 295 g/mol. The maximum absolute atomic E-state index is 10.9. The molecule has 5 nitrogen and oxygen atoms in total. The third kappa shape index (κ3) is 2.94. The molecule has 0 aliphatic heterocycles. The number of nitrogens with two attached hydrogens (primary N) is 1. The molecule has 0 bridgehead atoms. The number of hydrogen-bond donors (Lipinski definition) is 4. The number of H-pyrrole nitrogens is 1. The van der Waals surface area contributed by atoms with Crippen LogP contribution >= 0.6 is 0 Å². The number of benzene rings is 2. The van der Waals surface area contributed by atoms with Gasteiger partial charge in [-0.3, -0.25) is 4.79 Å². The molecular formula is C17H17N3O2. The molecule has 0 spiro atoms. The minimum absolute atomic E-state index is 0.296. The standard InChI is InChI=1S/C17H17N3O2/c18-15(17(21)22)8-11-10-19-16-7-6-13(9-14(11)16)20-12-4-2-1-3-5-12/h1-7,9-10,15,19-20H,8,18H2,(H,21,22)/t15-/m0/s1. The van der Waals surface area contributed by atoms with Crippen LogP contribution < -0.4 is 11.1 Å². The molecule has 1 heterocycles. The quantitative estimate of drug-likeness (QED) is 0.582. The van der Waals surface area contributed by atoms with E-state index >= 15 is 0 Å². The number of aromatic amines is 1. The molecular weight excluding hydrogens is 278 g/mol. The number of carboxylic acids is 1. The van der Waals surface area contributed by atoms with Crippen LogP contribution in [0.15, 0.2) is 54.7 Å². The van der Waals surface area contributed by atoms with Gasteiger partial charge in [0, 0.05) is 34.9 Å². The first-order chi connectivity index (χ1) is 10.6. The third-order valence-electron chi connectivity index (χ3n) is 3.59. The van der Waals surface area contributed by atoms with E-state index in [0.717, 1.165) is 27.8 Å². The van der Waals surface area contributed by atoms with Gasteiger partial charge in [-0.05, 0) is 35.9 Å². The van der Waals surface area contributed by atoms with Crippen molar-refractivity contribution >= 4 is 28.2 Å². The van der Waals surface area contributed by atoms with Gasteiger partial charge in [0.2, 0.25) is 0 Å². The fourth-order valence-electron chi connectivity index (χ4n) is 2.44. The fraction of sp³-hybridized carbons (Fsp3) is 0.118. The van der Waals surface area contributed by atoms with Crippen LogP contribution in [0.3, 0.4) is 0 Å². The number of fused-ring (bicyclic) bond motifs is 1. The predicted octanol–water partition coefficient (Wildman–Crippen LogP) is 2.87. The Morgan fingerprint density at radius 2 is 1.95 bits per heavy atom. The molecule has 0 amide bonds. The Hall–Kier alpha value is -2.79. The Balaban J connectivity index is 1.89. The molecule has 0 aliphatic rings. The molecule has 5 heteroatoms. The van der Waals surface area contributed by atoms with Crippen LogP contribution in [-0.2, 0) is 11.2 Å². The summed E-state index contributed by atoms with van der Waals surface area (Å²) in [6, 6.07) is 14.9. The highest BCUT2D eigenvalue weighted by molar-refractivity contribution is 5.88. The summed E-state index contributed by atoms with van der Waals surface area (Å²) < 4.78 is 0. The van der Waals surface area contributed by atoms with Crippen molar-refractivity contribution in [2.24, 2.45) is 5.73 Å². The molecule has 1 atom stereocenters. The second-order valence-corrected chi connectivity index (χ2v) is 5.21. The van der Waals surface area contributed by atoms with E-state index < -0.39 is 12.0 Å². The molecule has 2 aromatic carbocycles. The van der Waals surface area contributed by atoms with E-state index in [9.17, 15) is 4.79 Å². The first kappa shape index (κ1) is 14.2. The fourth-order valence-corrected chi connectivity index (χ4v) is 2.44. The summed E-state index contributed by atoms with van der Waals surface area (Å²) in [7, 11) is 0. The molecule has 3 aromatic rings. The van der Waals surface area contributed by atoms with Gasteiger partial charge in [-0.1, -0.05) is 18.2 Å². The van der Waals surface area contributed by atoms with E-state index in [1.54, 1.807) is 0 Å². The number of aliphatic carboxylic acids is 1. The second kappa shape index (κ2) is 5.91. The van der Waals surface area contributed by atoms with Crippen LogP contribution in [0.2, 0.25) is 0 Å². The molecule has 0 saturated heterocycles. The highest BCUT2D eigenvalue weighted by atomic mass is 16.4. The van der Waals surface area contributed by atoms with Crippen LogP contribution in [0.5, 0.6) is 0 Å². The molecule has 0 radical (unpaired) electrons. The number of hydrogen-bond acceptors (Lipinski definition) is 3. The first-order valence-electron chi connectivity index (χ1n) is 7.04. The van der Waals surface area contributed by atoms with E-state index in [1.165, 1.54) is 0 Å². The van der Waals surface area contributed by atoms with Crippen LogP contribution in [0.4, 0.5) is 11.4 Å². The zero-order valence-corrected chi connectivity index (χ0v) is 11.9. The maximum atomic E-state index is 10.9. The van der Waals surface area contributed by atoms with Crippen LogP contribution in [0.1, 0.15) is 5.56 Å². The van der Waals surface area contributed by atoms with Crippen LogP contribution in [0.25, 0.3) is 10.9 Å². The summed E-state index contributed by atoms with van der Waals surface area (Å²) in [5.74, 6) is -0.993. The summed E-state index contributed by atoms with van der Waals surface area (Å²) in [4.78, 5) is 14.1. The van der Waals surface area contributed by atoms with Crippen molar-refractivity contribution in [1.82, 2.24) is 4.98 Å². The lowest BCUT2D eigenvalue weighted by molar-refractivity contribution is -0.138. The van der Waals surface area contributed by atoms with Gasteiger partial charge in [-0.15, -0.1) is 0 Å². The number of rotatable bonds is 5. The Bertz CT molecular complexity index is 796. The molecule has 3 rings (SSSR count). The Morgan fingerprint density at radius 1 is 1.18 bits per heavy atom. The van der Waals surface area contributed by atoms with E-state index in [-0.39, 0.29) is 0 Å². The van der Waals surface area contributed by atoms with Crippen molar-refractivity contribution < 1.29 is 9.90 Å². The lowest BCUT2D eigenvalue weighted by atomic mass is 10.1. The normalized spacial score (nSPS) is 12.2. The number of carboxylic acid groups (broad SMARTS) is 1. The highest BCUT2D eigenvalue weighted by Gasteiger charge is 2.15. The van der Waals surface area contributed by atoms with Gasteiger partial charge in [-0.25, -0.2) is 0 Å². The smallest absolute Gasteiger partial charge is 0.320 e. The zero-order valence-electron chi connectivity index (χ0n) is 11.9. The van der Waals surface area contributed by atoms with Gasteiger partial charge >= 0.3 is 5.97 Å². The zero-order chi connectivity index (χ0) is 15.5. The van der Waals surface area contributed by atoms with E-state index in [0.29, 0.717) is 6.42 Å². The van der Waals surface area contributed by atoms with Crippen LogP contribution in [-0.4, -0.2) is 22.1 Å². The average Bonchev–Trinajstić information content (AvgIpc) is 2.91. The van der Waals surface area contributed by atoms with Crippen molar-refractivity contribution in [2.45, 2.75) is 12.5 Å². The Kier molecular flexibility index (Phi) is 3.80. The van der Waals surface area contributed by atoms with E-state index in [4.69, 9.17) is 10.8 Å². The topological polar surface area (TPSA) is 91.1 Å². The summed E-state index contributed by atoms with van der Waals surface area (Å²) >= 11 is 0. The molecule has 0 fully saturated rings. The van der Waals surface area contributed by atoms with Gasteiger partial charge in [0.25, 0.3) is 0 Å². The third-order valence-corrected chi connectivity index (χ3v) is 3.59. The number of aromatic nitrogens is 1. The molecule has 5 N–H and O–H groups in total. The van der Waals surface area contributed by atoms with Crippen molar-refractivity contribution in [2.75, 3.05) is 5.32 Å². The van der Waals surface area contributed by atoms with E-state index in [2.05, 4.69) is 10.3 Å². The molecule has 0 saturated carbocycles. The van der Waals surface area contributed by atoms with Crippen molar-refractivity contribution in [3.05, 3.63) is 60.3 Å². The largest absolute Gasteiger partial charge is 0.480 e. The minimum Gasteiger partial charge on any atom is -0.480 e. The lowest BCUT2D eigenvalue weighted by Crippen LogP contribution is -2.32. The Labute approximate surface area is 127 Å². The summed E-state index contributed by atoms with van der Waals surface area (Å²) in [6.45, 7) is 0. The lowest BCUT2D eigenvalue weighted by Gasteiger charge is -2.08. The molecule has 0 unspecified atom stereocenters. The van der Waals surface area contributed by atoms with Gasteiger partial charge in [0.1, 0.15) is 6.04 Å². The molecule has 22 heavy (non-hydrogen) atoms. The van der Waals surface area contributed by atoms with Crippen molar-refractivity contribution in [3.8, 4) is 0 Å². The van der Waals surface area contributed by atoms with Gasteiger partial charge in [0.05, 0.1) is 0 Å². The second-order valence-electron chi connectivity index (χ2n) is 5.21. The van der Waals surface area contributed by atoms with Gasteiger partial charge in [0.15, 0.2) is 0 Å². The summed E-state index contributed by atoms with van der Waals surface area (Å²) in [6.07, 6.45) is 2.11. The Morgan fingerprint density at radius 3 is 2.68 bits per heavy atom. The molecule has 112 valence electrons. The van der Waals surface area contributed by atoms with Crippen molar-refractivity contribution in [1.29, 1.82) is 0 Å². The van der Waals surface area contributed by atoms with Gasteiger partial charge in [-0.2, -0.15) is 0 Å². The maximum Gasteiger partial charge on any atom is 0.320 e. The van der Waals surface area contributed by atoms with Crippen LogP contribution in [0, 0.1) is 0 Å². The summed E-state index contributed by atoms with van der Waals surface area (Å²) in [5, 5.41) is 13.3. The number of nitrogens with one attached hydrogen (secondary N) is 2. The summed E-state index contributed by atoms with van der Waals surface area (Å²) in [5.41, 5.74) is 9.45. The number of para-hydroxylation sites is 1. The first-order valence-corrected chi connectivity index (χ1v) is 7.04.